The van der Waals surface area contributed by atoms with E-state index in [1.165, 1.54) is 25.9 Å². The van der Waals surface area contributed by atoms with Gasteiger partial charge < -0.3 is 15.3 Å². The zero-order valence-corrected chi connectivity index (χ0v) is 11.1. The summed E-state index contributed by atoms with van der Waals surface area (Å²) in [4.78, 5) is 13.5. The highest BCUT2D eigenvalue weighted by Crippen LogP contribution is 2.08. The van der Waals surface area contributed by atoms with Crippen molar-refractivity contribution in [2.24, 2.45) is 0 Å². The average Bonchev–Trinajstić information content (AvgIpc) is 2.76. The SMILES string of the molecule is CCCCC(NC(C)CN1CCCC1)C(=O)O. The maximum Gasteiger partial charge on any atom is 0.320 e. The highest BCUT2D eigenvalue weighted by atomic mass is 16.4. The summed E-state index contributed by atoms with van der Waals surface area (Å²) in [6.07, 6.45) is 5.32. The Morgan fingerprint density at radius 1 is 1.41 bits per heavy atom. The molecule has 1 heterocycles. The van der Waals surface area contributed by atoms with Crippen LogP contribution in [-0.4, -0.2) is 47.7 Å². The van der Waals surface area contributed by atoms with Crippen molar-refractivity contribution in [1.82, 2.24) is 10.2 Å². The molecule has 0 radical (unpaired) electrons. The summed E-state index contributed by atoms with van der Waals surface area (Å²) in [6, 6.07) is -0.126. The van der Waals surface area contributed by atoms with Gasteiger partial charge in [0.25, 0.3) is 0 Å². The fourth-order valence-electron chi connectivity index (χ4n) is 2.43. The predicted octanol–water partition coefficient (Wildman–Crippen LogP) is 1.70. The highest BCUT2D eigenvalue weighted by molar-refractivity contribution is 5.73. The lowest BCUT2D eigenvalue weighted by Crippen LogP contribution is -2.46. The van der Waals surface area contributed by atoms with Gasteiger partial charge in [-0.25, -0.2) is 0 Å². The van der Waals surface area contributed by atoms with Gasteiger partial charge in [-0.3, -0.25) is 4.79 Å². The minimum absolute atomic E-state index is 0.256. The zero-order chi connectivity index (χ0) is 12.7. The van der Waals surface area contributed by atoms with E-state index in [0.717, 1.165) is 25.8 Å². The van der Waals surface area contributed by atoms with Crippen LogP contribution in [0.4, 0.5) is 0 Å². The lowest BCUT2D eigenvalue weighted by atomic mass is 10.1. The van der Waals surface area contributed by atoms with Gasteiger partial charge in [-0.1, -0.05) is 19.8 Å². The Bertz CT molecular complexity index is 227. The molecule has 2 atom stereocenters. The average molecular weight is 242 g/mol. The maximum absolute atomic E-state index is 11.1. The minimum atomic E-state index is -0.716. The van der Waals surface area contributed by atoms with Gasteiger partial charge in [0.15, 0.2) is 0 Å². The third kappa shape index (κ3) is 5.50. The zero-order valence-electron chi connectivity index (χ0n) is 11.1. The van der Waals surface area contributed by atoms with Gasteiger partial charge >= 0.3 is 5.97 Å². The minimum Gasteiger partial charge on any atom is -0.480 e. The maximum atomic E-state index is 11.1. The first kappa shape index (κ1) is 14.5. The number of aliphatic carboxylic acids is 1. The summed E-state index contributed by atoms with van der Waals surface area (Å²) in [5, 5.41) is 12.4. The van der Waals surface area contributed by atoms with Crippen LogP contribution in [0.2, 0.25) is 0 Å². The van der Waals surface area contributed by atoms with Crippen molar-refractivity contribution < 1.29 is 9.90 Å². The lowest BCUT2D eigenvalue weighted by Gasteiger charge is -2.24. The predicted molar refractivity (Wildman–Crippen MR) is 69.2 cm³/mol. The fraction of sp³-hybridized carbons (Fsp3) is 0.923. The van der Waals surface area contributed by atoms with Crippen LogP contribution >= 0.6 is 0 Å². The summed E-state index contributed by atoms with van der Waals surface area (Å²) in [6.45, 7) is 7.47. The standard InChI is InChI=1S/C13H26N2O2/c1-3-4-7-12(13(16)17)14-11(2)10-15-8-5-6-9-15/h11-12,14H,3-10H2,1-2H3,(H,16,17). The van der Waals surface area contributed by atoms with Gasteiger partial charge in [-0.05, 0) is 39.3 Å². The monoisotopic (exact) mass is 242 g/mol. The molecule has 1 fully saturated rings. The summed E-state index contributed by atoms with van der Waals surface area (Å²) in [5.41, 5.74) is 0. The molecule has 1 saturated heterocycles. The fourth-order valence-corrected chi connectivity index (χ4v) is 2.43. The van der Waals surface area contributed by atoms with E-state index >= 15 is 0 Å². The molecule has 0 bridgehead atoms. The van der Waals surface area contributed by atoms with Crippen molar-refractivity contribution in [2.45, 2.75) is 58.0 Å². The normalized spacial score (nSPS) is 20.4. The van der Waals surface area contributed by atoms with Gasteiger partial charge in [-0.2, -0.15) is 0 Å². The largest absolute Gasteiger partial charge is 0.480 e. The highest BCUT2D eigenvalue weighted by Gasteiger charge is 2.21. The second-order valence-electron chi connectivity index (χ2n) is 5.11. The van der Waals surface area contributed by atoms with Crippen molar-refractivity contribution in [1.29, 1.82) is 0 Å². The van der Waals surface area contributed by atoms with E-state index in [4.69, 9.17) is 5.11 Å². The Kier molecular flexibility index (Phi) is 6.52. The first-order valence-electron chi connectivity index (χ1n) is 6.84. The molecule has 1 aliphatic heterocycles. The van der Waals surface area contributed by atoms with Gasteiger partial charge in [0.2, 0.25) is 0 Å². The Balaban J connectivity index is 2.29. The number of carbonyl (C=O) groups is 1. The molecule has 1 rings (SSSR count). The Morgan fingerprint density at radius 2 is 2.06 bits per heavy atom. The molecule has 2 unspecified atom stereocenters. The van der Waals surface area contributed by atoms with E-state index in [9.17, 15) is 4.79 Å². The Hall–Kier alpha value is -0.610. The van der Waals surface area contributed by atoms with E-state index in [1.807, 2.05) is 0 Å². The third-order valence-electron chi connectivity index (χ3n) is 3.36. The Morgan fingerprint density at radius 3 is 2.59 bits per heavy atom. The molecule has 0 aromatic rings. The van der Waals surface area contributed by atoms with Crippen molar-refractivity contribution in [3.63, 3.8) is 0 Å². The summed E-state index contributed by atoms with van der Waals surface area (Å²) in [7, 11) is 0. The second-order valence-corrected chi connectivity index (χ2v) is 5.11. The second kappa shape index (κ2) is 7.67. The molecule has 4 heteroatoms. The number of nitrogens with zero attached hydrogens (tertiary/aromatic N) is 1. The number of rotatable bonds is 8. The van der Waals surface area contributed by atoms with Crippen molar-refractivity contribution >= 4 is 5.97 Å². The Labute approximate surface area is 104 Å². The van der Waals surface area contributed by atoms with Crippen LogP contribution in [-0.2, 0) is 4.79 Å². The number of hydrogen-bond acceptors (Lipinski definition) is 3. The molecule has 1 aliphatic rings. The van der Waals surface area contributed by atoms with Crippen LogP contribution in [0.15, 0.2) is 0 Å². The molecule has 100 valence electrons. The smallest absolute Gasteiger partial charge is 0.320 e. The van der Waals surface area contributed by atoms with Crippen molar-refractivity contribution in [3.05, 3.63) is 0 Å². The first-order valence-corrected chi connectivity index (χ1v) is 6.84. The molecule has 0 saturated carbocycles. The quantitative estimate of drug-likeness (QED) is 0.680. The first-order chi connectivity index (χ1) is 8.13. The lowest BCUT2D eigenvalue weighted by molar-refractivity contribution is -0.139. The van der Waals surface area contributed by atoms with E-state index in [2.05, 4.69) is 24.1 Å². The van der Waals surface area contributed by atoms with Gasteiger partial charge in [-0.15, -0.1) is 0 Å². The third-order valence-corrected chi connectivity index (χ3v) is 3.36. The number of unbranched alkanes of at least 4 members (excludes halogenated alkanes) is 1. The van der Waals surface area contributed by atoms with Gasteiger partial charge in [0.05, 0.1) is 0 Å². The van der Waals surface area contributed by atoms with Crippen LogP contribution in [0, 0.1) is 0 Å². The molecule has 0 amide bonds. The molecule has 0 aromatic carbocycles. The molecule has 0 aliphatic carbocycles. The van der Waals surface area contributed by atoms with E-state index < -0.39 is 5.97 Å². The molecule has 0 aromatic heterocycles. The number of carboxylic acid groups (broad SMARTS) is 1. The van der Waals surface area contributed by atoms with Crippen molar-refractivity contribution in [2.75, 3.05) is 19.6 Å². The molecular weight excluding hydrogens is 216 g/mol. The topological polar surface area (TPSA) is 52.6 Å². The molecule has 0 spiro atoms. The van der Waals surface area contributed by atoms with Crippen LogP contribution in [0.25, 0.3) is 0 Å². The summed E-state index contributed by atoms with van der Waals surface area (Å²) in [5.74, 6) is -0.716. The van der Waals surface area contributed by atoms with E-state index in [1.54, 1.807) is 0 Å². The number of nitrogens with one attached hydrogen (secondary N) is 1. The van der Waals surface area contributed by atoms with Gasteiger partial charge in [0, 0.05) is 12.6 Å². The summed E-state index contributed by atoms with van der Waals surface area (Å²) < 4.78 is 0. The van der Waals surface area contributed by atoms with Crippen LogP contribution in [0.3, 0.4) is 0 Å². The van der Waals surface area contributed by atoms with E-state index in [-0.39, 0.29) is 12.1 Å². The molecule has 4 nitrogen and oxygen atoms in total. The molecular formula is C13H26N2O2. The van der Waals surface area contributed by atoms with Gasteiger partial charge in [0.1, 0.15) is 6.04 Å². The molecule has 17 heavy (non-hydrogen) atoms. The van der Waals surface area contributed by atoms with Crippen molar-refractivity contribution in [3.8, 4) is 0 Å². The van der Waals surface area contributed by atoms with Crippen LogP contribution in [0.1, 0.15) is 46.0 Å². The number of hydrogen-bond donors (Lipinski definition) is 2. The van der Waals surface area contributed by atoms with E-state index in [0.29, 0.717) is 0 Å². The van der Waals surface area contributed by atoms with Crippen LogP contribution < -0.4 is 5.32 Å². The summed E-state index contributed by atoms with van der Waals surface area (Å²) >= 11 is 0. The van der Waals surface area contributed by atoms with Crippen LogP contribution in [0.5, 0.6) is 0 Å². The number of carboxylic acids is 1. The number of likely N-dealkylation sites (tertiary alicyclic amines) is 1. The molecule has 2 N–H and O–H groups in total.